The van der Waals surface area contributed by atoms with Crippen molar-refractivity contribution in [2.45, 2.75) is 0 Å². The van der Waals surface area contributed by atoms with Gasteiger partial charge in [-0.25, -0.2) is 0 Å². The second-order valence-electron chi connectivity index (χ2n) is 0.837. The smallest absolute Gasteiger partial charge is 0.236 e. The van der Waals surface area contributed by atoms with Crippen LogP contribution in [0.4, 0.5) is 0 Å². The zero-order valence-corrected chi connectivity index (χ0v) is 6.23. The van der Waals surface area contributed by atoms with Crippen LogP contribution in [0.5, 0.6) is 0 Å². The molecule has 0 bridgehead atoms. The van der Waals surface area contributed by atoms with Gasteiger partial charge in [-0.2, -0.15) is 0 Å². The molecule has 0 aliphatic carbocycles. The van der Waals surface area contributed by atoms with Crippen molar-refractivity contribution in [2.24, 2.45) is 0 Å². The van der Waals surface area contributed by atoms with Crippen LogP contribution in [0.25, 0.3) is 0 Å². The Morgan fingerprint density at radius 1 is 1.43 bits per heavy atom. The van der Waals surface area contributed by atoms with Crippen molar-refractivity contribution in [3.63, 3.8) is 0 Å². The Labute approximate surface area is 56.3 Å². The fourth-order valence-corrected chi connectivity index (χ4v) is 0.450. The maximum Gasteiger partial charge on any atom is 0.236 e. The van der Waals surface area contributed by atoms with E-state index in [-0.39, 0.29) is 0 Å². The summed E-state index contributed by atoms with van der Waals surface area (Å²) in [6.45, 7) is 0. The average molecular weight is 228 g/mol. The van der Waals surface area contributed by atoms with Crippen molar-refractivity contribution in [1.29, 1.82) is 0 Å². The van der Waals surface area contributed by atoms with Gasteiger partial charge in [0.1, 0.15) is 0 Å². The molecule has 0 aliphatic rings. The minimum Gasteiger partial charge on any atom is -0.329 e. The highest BCUT2D eigenvalue weighted by Gasteiger charge is 1.98. The first-order valence-corrected chi connectivity index (χ1v) is 3.02. The van der Waals surface area contributed by atoms with Gasteiger partial charge in [0.05, 0.1) is 0 Å². The highest BCUT2D eigenvalue weighted by atomic mass is 79.9. The normalized spacial score (nSPS) is 9.43. The number of halogens is 2. The Kier molecular flexibility index (Phi) is 1.43. The van der Waals surface area contributed by atoms with Gasteiger partial charge in [0.15, 0.2) is 4.60 Å². The van der Waals surface area contributed by atoms with Gasteiger partial charge in [0.25, 0.3) is 0 Å². The van der Waals surface area contributed by atoms with Gasteiger partial charge in [-0.05, 0) is 31.9 Å². The van der Waals surface area contributed by atoms with Crippen LogP contribution in [0.2, 0.25) is 0 Å². The Morgan fingerprint density at radius 3 is 2.29 bits per heavy atom. The summed E-state index contributed by atoms with van der Waals surface area (Å²) >= 11 is 6.08. The Balaban J connectivity index is 3.12. The quantitative estimate of drug-likeness (QED) is 0.676. The largest absolute Gasteiger partial charge is 0.329 e. The van der Waals surface area contributed by atoms with Crippen LogP contribution >= 0.6 is 31.9 Å². The molecular formula is C2Br2N2O. The lowest BCUT2D eigenvalue weighted by atomic mass is 11.0. The van der Waals surface area contributed by atoms with E-state index < -0.39 is 0 Å². The summed E-state index contributed by atoms with van der Waals surface area (Å²) in [6, 6.07) is 0. The van der Waals surface area contributed by atoms with Crippen molar-refractivity contribution >= 4 is 31.9 Å². The van der Waals surface area contributed by atoms with E-state index in [1.54, 1.807) is 0 Å². The van der Waals surface area contributed by atoms with E-state index >= 15 is 0 Å². The summed E-state index contributed by atoms with van der Waals surface area (Å²) < 4.78 is 5.58. The molecule has 0 aromatic carbocycles. The van der Waals surface area contributed by atoms with Crippen molar-refractivity contribution in [1.82, 2.24) is 10.4 Å². The molecule has 38 valence electrons. The molecule has 1 rings (SSSR count). The van der Waals surface area contributed by atoms with Crippen molar-refractivity contribution in [3.8, 4) is 0 Å². The maximum atomic E-state index is 4.47. The zero-order chi connectivity index (χ0) is 5.28. The van der Waals surface area contributed by atoms with E-state index in [1.807, 2.05) is 0 Å². The molecule has 0 saturated heterocycles. The predicted molar refractivity (Wildman–Crippen MR) is 29.7 cm³/mol. The van der Waals surface area contributed by atoms with E-state index in [0.29, 0.717) is 9.27 Å². The van der Waals surface area contributed by atoms with Crippen LogP contribution < -0.4 is 0 Å². The molecule has 1 aromatic heterocycles. The maximum absolute atomic E-state index is 4.47. The Hall–Kier alpha value is 0.1000. The fraction of sp³-hybridized carbons (Fsp3) is 0. The molecule has 0 amide bonds. The molecular weight excluding hydrogens is 228 g/mol. The molecule has 5 heteroatoms. The monoisotopic (exact) mass is 226 g/mol. The summed E-state index contributed by atoms with van der Waals surface area (Å²) in [7, 11) is 0. The van der Waals surface area contributed by atoms with E-state index in [2.05, 4.69) is 46.8 Å². The molecule has 0 fully saturated rings. The summed E-state index contributed by atoms with van der Waals surface area (Å²) in [5.41, 5.74) is 0. The van der Waals surface area contributed by atoms with Gasteiger partial charge in [0, 0.05) is 5.27 Å². The second kappa shape index (κ2) is 1.92. The van der Waals surface area contributed by atoms with Crippen LogP contribution in [0, 0.1) is 0 Å². The Morgan fingerprint density at radius 2 is 2.14 bits per heavy atom. The molecule has 0 saturated carbocycles. The summed E-state index contributed by atoms with van der Waals surface area (Å²) in [5, 5.41) is 6.67. The van der Waals surface area contributed by atoms with Crippen molar-refractivity contribution in [2.75, 3.05) is 0 Å². The van der Waals surface area contributed by atoms with Gasteiger partial charge in [0.2, 0.25) is 4.67 Å². The van der Waals surface area contributed by atoms with Crippen molar-refractivity contribution in [3.05, 3.63) is 9.27 Å². The fourth-order valence-electron chi connectivity index (χ4n) is 0.169. The topological polar surface area (TPSA) is 38.9 Å². The van der Waals surface area contributed by atoms with Crippen LogP contribution in [0.15, 0.2) is 13.8 Å². The number of hydrogen-bond acceptors (Lipinski definition) is 3. The Bertz CT molecular complexity index is 146. The van der Waals surface area contributed by atoms with E-state index in [1.165, 1.54) is 0 Å². The molecule has 0 atom stereocenters. The lowest BCUT2D eigenvalue weighted by molar-refractivity contribution is 0.376. The zero-order valence-electron chi connectivity index (χ0n) is 3.06. The lowest BCUT2D eigenvalue weighted by Crippen LogP contribution is -1.60. The second-order valence-corrected chi connectivity index (χ2v) is 2.31. The van der Waals surface area contributed by atoms with E-state index in [9.17, 15) is 0 Å². The van der Waals surface area contributed by atoms with Crippen LogP contribution in [0.1, 0.15) is 0 Å². The summed E-state index contributed by atoms with van der Waals surface area (Å²) in [6.07, 6.45) is 0. The van der Waals surface area contributed by atoms with E-state index in [0.717, 1.165) is 0 Å². The molecule has 1 heterocycles. The third-order valence-corrected chi connectivity index (χ3v) is 1.98. The average Bonchev–Trinajstić information content (AvgIpc) is 1.91. The molecule has 0 N–H and O–H groups in total. The van der Waals surface area contributed by atoms with Crippen LogP contribution in [-0.2, 0) is 0 Å². The molecule has 0 radical (unpaired) electrons. The third kappa shape index (κ3) is 1.01. The molecule has 3 nitrogen and oxygen atoms in total. The first-order chi connectivity index (χ1) is 3.30. The molecule has 0 unspecified atom stereocenters. The minimum absolute atomic E-state index is 0.521. The molecule has 1 aromatic rings. The highest BCUT2D eigenvalue weighted by Crippen LogP contribution is 2.17. The lowest BCUT2D eigenvalue weighted by Gasteiger charge is -1.67. The summed E-state index contributed by atoms with van der Waals surface area (Å²) in [4.78, 5) is 0. The third-order valence-electron chi connectivity index (χ3n) is 0.412. The van der Waals surface area contributed by atoms with Gasteiger partial charge >= 0.3 is 0 Å². The van der Waals surface area contributed by atoms with Crippen LogP contribution in [0.3, 0.4) is 0 Å². The van der Waals surface area contributed by atoms with Gasteiger partial charge in [-0.1, -0.05) is 0 Å². The number of hydrogen-bond donors (Lipinski definition) is 0. The van der Waals surface area contributed by atoms with Crippen molar-refractivity contribution < 1.29 is 4.52 Å². The standard InChI is InChI=1S/C2Br2N2O/c3-1-2(4)7-6-5-1. The number of rotatable bonds is 0. The van der Waals surface area contributed by atoms with Gasteiger partial charge in [-0.15, -0.1) is 5.10 Å². The molecule has 0 spiro atoms. The van der Waals surface area contributed by atoms with Gasteiger partial charge in [-0.3, -0.25) is 0 Å². The predicted octanol–water partition coefficient (Wildman–Crippen LogP) is 1.59. The number of aromatic nitrogens is 2. The van der Waals surface area contributed by atoms with Gasteiger partial charge < -0.3 is 4.52 Å². The SMILES string of the molecule is Brc1nnoc1Br. The summed E-state index contributed by atoms with van der Waals surface area (Å²) in [5.74, 6) is 0. The molecule has 0 aliphatic heterocycles. The van der Waals surface area contributed by atoms with Crippen LogP contribution in [-0.4, -0.2) is 10.4 Å². The highest BCUT2D eigenvalue weighted by molar-refractivity contribution is 9.13. The first kappa shape index (κ1) is 5.24. The minimum atomic E-state index is 0.521. The number of nitrogens with zero attached hydrogens (tertiary/aromatic N) is 2. The van der Waals surface area contributed by atoms with E-state index in [4.69, 9.17) is 0 Å². The first-order valence-electron chi connectivity index (χ1n) is 1.44. The molecule has 7 heavy (non-hydrogen) atoms.